The minimum absolute atomic E-state index is 0.0250. The predicted molar refractivity (Wildman–Crippen MR) is 108 cm³/mol. The Morgan fingerprint density at radius 2 is 1.89 bits per heavy atom. The van der Waals surface area contributed by atoms with E-state index >= 15 is 0 Å². The molecule has 2 aliphatic rings. The molecule has 2 aliphatic heterocycles. The predicted octanol–water partition coefficient (Wildman–Crippen LogP) is 3.43. The Labute approximate surface area is 171 Å². The molecule has 0 spiro atoms. The molecule has 0 radical (unpaired) electrons. The van der Waals surface area contributed by atoms with E-state index < -0.39 is 6.10 Å². The first-order valence-corrected chi connectivity index (χ1v) is 10.1. The molecule has 1 atom stereocenters. The van der Waals surface area contributed by atoms with Crippen LogP contribution >= 0.6 is 15.9 Å². The fourth-order valence-corrected chi connectivity index (χ4v) is 3.99. The molecule has 28 heavy (non-hydrogen) atoms. The van der Waals surface area contributed by atoms with Crippen LogP contribution in [-0.4, -0.2) is 53.7 Å². The van der Waals surface area contributed by atoms with E-state index in [0.29, 0.717) is 25.2 Å². The van der Waals surface area contributed by atoms with Gasteiger partial charge in [-0.25, -0.2) is 4.39 Å². The van der Waals surface area contributed by atoms with E-state index in [0.717, 1.165) is 29.7 Å². The van der Waals surface area contributed by atoms with Gasteiger partial charge in [0, 0.05) is 43.6 Å². The summed E-state index contributed by atoms with van der Waals surface area (Å²) in [5.41, 5.74) is 2.73. The summed E-state index contributed by atoms with van der Waals surface area (Å²) < 4.78 is 14.2. The fourth-order valence-electron chi connectivity index (χ4n) is 3.55. The van der Waals surface area contributed by atoms with Crippen LogP contribution in [0.4, 0.5) is 4.39 Å². The molecule has 2 aromatic rings. The lowest BCUT2D eigenvalue weighted by molar-refractivity contribution is -0.143. The molecule has 0 N–H and O–H groups in total. The number of halogens is 2. The van der Waals surface area contributed by atoms with E-state index in [9.17, 15) is 9.18 Å². The Balaban J connectivity index is 1.28. The van der Waals surface area contributed by atoms with Crippen LogP contribution in [0.2, 0.25) is 0 Å². The maximum atomic E-state index is 13.1. The van der Waals surface area contributed by atoms with Gasteiger partial charge in [-0.15, -0.1) is 0 Å². The molecular weight excluding hydrogens is 425 g/mol. The summed E-state index contributed by atoms with van der Waals surface area (Å²) in [6.07, 6.45) is -0.167. The SMILES string of the molecule is O=C(C1CC(c2ccc(F)cc2)=NO1)N1CCN(Cc2cccc(Br)c2)CC1. The topological polar surface area (TPSA) is 45.1 Å². The molecular formula is C21H21BrFN3O2. The van der Waals surface area contributed by atoms with E-state index in [-0.39, 0.29) is 11.7 Å². The van der Waals surface area contributed by atoms with Crippen molar-refractivity contribution in [1.29, 1.82) is 0 Å². The van der Waals surface area contributed by atoms with Crippen LogP contribution in [0.15, 0.2) is 58.2 Å². The van der Waals surface area contributed by atoms with E-state index in [2.05, 4.69) is 38.1 Å². The van der Waals surface area contributed by atoms with Crippen molar-refractivity contribution >= 4 is 27.5 Å². The zero-order valence-corrected chi connectivity index (χ0v) is 16.9. The van der Waals surface area contributed by atoms with Gasteiger partial charge >= 0.3 is 0 Å². The smallest absolute Gasteiger partial charge is 0.266 e. The first-order valence-electron chi connectivity index (χ1n) is 9.33. The summed E-state index contributed by atoms with van der Waals surface area (Å²) in [4.78, 5) is 22.4. The van der Waals surface area contributed by atoms with E-state index in [1.54, 1.807) is 12.1 Å². The lowest BCUT2D eigenvalue weighted by atomic mass is 10.0. The van der Waals surface area contributed by atoms with Crippen molar-refractivity contribution in [3.8, 4) is 0 Å². The van der Waals surface area contributed by atoms with Gasteiger partial charge in [-0.3, -0.25) is 9.69 Å². The van der Waals surface area contributed by atoms with Gasteiger partial charge in [0.2, 0.25) is 6.10 Å². The summed E-state index contributed by atoms with van der Waals surface area (Å²) >= 11 is 3.50. The third kappa shape index (κ3) is 4.42. The van der Waals surface area contributed by atoms with E-state index in [1.807, 2.05) is 17.0 Å². The molecule has 146 valence electrons. The largest absolute Gasteiger partial charge is 0.382 e. The lowest BCUT2D eigenvalue weighted by Crippen LogP contribution is -2.51. The normalized spacial score (nSPS) is 20.0. The van der Waals surface area contributed by atoms with Crippen molar-refractivity contribution in [2.45, 2.75) is 19.1 Å². The van der Waals surface area contributed by atoms with Crippen LogP contribution in [0, 0.1) is 5.82 Å². The second kappa shape index (κ2) is 8.41. The quantitative estimate of drug-likeness (QED) is 0.723. The number of rotatable bonds is 4. The maximum Gasteiger partial charge on any atom is 0.266 e. The van der Waals surface area contributed by atoms with Crippen molar-refractivity contribution in [2.24, 2.45) is 5.16 Å². The molecule has 5 nitrogen and oxygen atoms in total. The Bertz CT molecular complexity index is 879. The summed E-state index contributed by atoms with van der Waals surface area (Å²) in [7, 11) is 0. The molecule has 0 saturated carbocycles. The van der Waals surface area contributed by atoms with Gasteiger partial charge in [-0.05, 0) is 35.4 Å². The zero-order valence-electron chi connectivity index (χ0n) is 15.4. The Hall–Kier alpha value is -2.25. The number of carbonyl (C=O) groups excluding carboxylic acids is 1. The number of hydrogen-bond donors (Lipinski definition) is 0. The van der Waals surface area contributed by atoms with Crippen molar-refractivity contribution in [2.75, 3.05) is 26.2 Å². The zero-order chi connectivity index (χ0) is 19.5. The summed E-state index contributed by atoms with van der Waals surface area (Å²) in [5.74, 6) is -0.320. The van der Waals surface area contributed by atoms with Crippen LogP contribution in [0.5, 0.6) is 0 Å². The van der Waals surface area contributed by atoms with Gasteiger partial charge in [-0.1, -0.05) is 45.4 Å². The molecule has 7 heteroatoms. The summed E-state index contributed by atoms with van der Waals surface area (Å²) in [6.45, 7) is 3.89. The van der Waals surface area contributed by atoms with Crippen molar-refractivity contribution in [3.63, 3.8) is 0 Å². The van der Waals surface area contributed by atoms with E-state index in [4.69, 9.17) is 4.84 Å². The van der Waals surface area contributed by atoms with Crippen LogP contribution in [0.25, 0.3) is 0 Å². The molecule has 1 amide bonds. The molecule has 1 unspecified atom stereocenters. The van der Waals surface area contributed by atoms with Gasteiger partial charge < -0.3 is 9.74 Å². The summed E-state index contributed by atoms with van der Waals surface area (Å²) in [6, 6.07) is 14.4. The van der Waals surface area contributed by atoms with Crippen molar-refractivity contribution in [1.82, 2.24) is 9.80 Å². The van der Waals surface area contributed by atoms with Crippen LogP contribution in [0.1, 0.15) is 17.5 Å². The van der Waals surface area contributed by atoms with Crippen LogP contribution < -0.4 is 0 Å². The third-order valence-electron chi connectivity index (χ3n) is 5.10. The highest BCUT2D eigenvalue weighted by atomic mass is 79.9. The monoisotopic (exact) mass is 445 g/mol. The second-order valence-corrected chi connectivity index (χ2v) is 7.99. The number of carbonyl (C=O) groups is 1. The Kier molecular flexibility index (Phi) is 5.73. The lowest BCUT2D eigenvalue weighted by Gasteiger charge is -2.35. The second-order valence-electron chi connectivity index (χ2n) is 7.07. The number of hydrogen-bond acceptors (Lipinski definition) is 4. The fraction of sp³-hybridized carbons (Fsp3) is 0.333. The first-order chi connectivity index (χ1) is 13.6. The van der Waals surface area contributed by atoms with Crippen molar-refractivity contribution in [3.05, 3.63) is 69.9 Å². The standard InChI is InChI=1S/C21H21BrFN3O2/c22-17-3-1-2-15(12-17)14-25-8-10-26(11-9-25)21(27)20-13-19(24-28-20)16-4-6-18(23)7-5-16/h1-7,12,20H,8-11,13-14H2. The van der Waals surface area contributed by atoms with Crippen molar-refractivity contribution < 1.29 is 14.0 Å². The highest BCUT2D eigenvalue weighted by Gasteiger charge is 2.33. The van der Waals surface area contributed by atoms with Gasteiger partial charge in [0.1, 0.15) is 5.82 Å². The van der Waals surface area contributed by atoms with Gasteiger partial charge in [0.25, 0.3) is 5.91 Å². The molecule has 4 rings (SSSR count). The molecule has 1 fully saturated rings. The van der Waals surface area contributed by atoms with E-state index in [1.165, 1.54) is 17.7 Å². The molecule has 0 aromatic heterocycles. The van der Waals surface area contributed by atoms with Crippen LogP contribution in [0.3, 0.4) is 0 Å². The molecule has 2 aromatic carbocycles. The molecule has 0 aliphatic carbocycles. The average Bonchev–Trinajstić information content (AvgIpc) is 3.19. The third-order valence-corrected chi connectivity index (χ3v) is 5.59. The summed E-state index contributed by atoms with van der Waals surface area (Å²) in [5, 5.41) is 4.04. The highest BCUT2D eigenvalue weighted by Crippen LogP contribution is 2.20. The van der Waals surface area contributed by atoms with Gasteiger partial charge in [0.05, 0.1) is 5.71 Å². The number of oxime groups is 1. The Morgan fingerprint density at radius 3 is 2.61 bits per heavy atom. The molecule has 2 heterocycles. The van der Waals surface area contributed by atoms with Gasteiger partial charge in [-0.2, -0.15) is 0 Å². The number of benzene rings is 2. The minimum Gasteiger partial charge on any atom is -0.382 e. The average molecular weight is 446 g/mol. The number of amides is 1. The number of piperazine rings is 1. The number of nitrogens with zero attached hydrogens (tertiary/aromatic N) is 3. The van der Waals surface area contributed by atoms with Crippen LogP contribution in [-0.2, 0) is 16.2 Å². The highest BCUT2D eigenvalue weighted by molar-refractivity contribution is 9.10. The Morgan fingerprint density at radius 1 is 1.14 bits per heavy atom. The maximum absolute atomic E-state index is 13.1. The molecule has 1 saturated heterocycles. The minimum atomic E-state index is -0.586. The first kappa shape index (κ1) is 19.1. The van der Waals surface area contributed by atoms with Gasteiger partial charge in [0.15, 0.2) is 0 Å². The molecule has 0 bridgehead atoms.